The number of piperazine rings is 1. The number of hydrogen-bond acceptors (Lipinski definition) is 6. The normalized spacial score (nSPS) is 14.6. The molecule has 2 aromatic rings. The van der Waals surface area contributed by atoms with Gasteiger partial charge in [0.05, 0.1) is 5.69 Å². The van der Waals surface area contributed by atoms with Gasteiger partial charge in [0.2, 0.25) is 0 Å². The number of nitrogens with zero attached hydrogens (tertiary/aromatic N) is 6. The van der Waals surface area contributed by atoms with Crippen LogP contribution in [0.25, 0.3) is 0 Å². The lowest BCUT2D eigenvalue weighted by atomic mass is 10.2. The number of phenols is 1. The van der Waals surface area contributed by atoms with Crippen molar-refractivity contribution in [3.63, 3.8) is 0 Å². The number of aromatic hydroxyl groups is 1. The van der Waals surface area contributed by atoms with E-state index in [1.54, 1.807) is 17.8 Å². The van der Waals surface area contributed by atoms with Gasteiger partial charge in [0.15, 0.2) is 11.1 Å². The van der Waals surface area contributed by atoms with Crippen LogP contribution in [0.4, 0.5) is 5.69 Å². The maximum absolute atomic E-state index is 10.1. The molecule has 32 heavy (non-hydrogen) atoms. The van der Waals surface area contributed by atoms with Crippen LogP contribution >= 0.6 is 35.7 Å². The highest BCUT2D eigenvalue weighted by molar-refractivity contribution is 14.0. The van der Waals surface area contributed by atoms with E-state index in [0.717, 1.165) is 74.7 Å². The minimum Gasteiger partial charge on any atom is -0.506 e. The zero-order chi connectivity index (χ0) is 22.2. The van der Waals surface area contributed by atoms with E-state index in [1.807, 2.05) is 25.2 Å². The number of benzene rings is 1. The van der Waals surface area contributed by atoms with Crippen LogP contribution in [0, 0.1) is 5.92 Å². The minimum atomic E-state index is 0. The van der Waals surface area contributed by atoms with E-state index >= 15 is 0 Å². The second kappa shape index (κ2) is 13.1. The Labute approximate surface area is 212 Å². The van der Waals surface area contributed by atoms with E-state index in [2.05, 4.69) is 55.0 Å². The van der Waals surface area contributed by atoms with E-state index in [4.69, 9.17) is 0 Å². The van der Waals surface area contributed by atoms with Gasteiger partial charge in [0, 0.05) is 52.7 Å². The lowest BCUT2D eigenvalue weighted by molar-refractivity contribution is 0.369. The standard InChI is InChI=1S/C22H35N7OS.HI/c1-17(2)16-29-20(25-26-22(29)31-4)10-7-11-24-21(23-3)28-14-12-27(13-15-28)18-8-5-6-9-19(18)30;/h5-6,8-9,17,30H,7,10-16H2,1-4H3,(H,23,24);1H. The van der Waals surface area contributed by atoms with Gasteiger partial charge in [0.25, 0.3) is 0 Å². The van der Waals surface area contributed by atoms with Gasteiger partial charge < -0.3 is 24.8 Å². The predicted octanol–water partition coefficient (Wildman–Crippen LogP) is 3.31. The summed E-state index contributed by atoms with van der Waals surface area (Å²) in [6, 6.07) is 7.53. The number of thioether (sulfide) groups is 1. The SMILES string of the molecule is CN=C(NCCCc1nnc(SC)n1CC(C)C)N1CCN(c2ccccc2O)CC1.I. The maximum Gasteiger partial charge on any atom is 0.193 e. The van der Waals surface area contributed by atoms with Crippen LogP contribution < -0.4 is 10.2 Å². The quantitative estimate of drug-likeness (QED) is 0.165. The molecule has 0 radical (unpaired) electrons. The number of nitrogens with one attached hydrogen (secondary N) is 1. The van der Waals surface area contributed by atoms with Gasteiger partial charge in [0.1, 0.15) is 11.6 Å². The lowest BCUT2D eigenvalue weighted by Crippen LogP contribution is -2.52. The molecule has 0 unspecified atom stereocenters. The molecule has 1 fully saturated rings. The molecule has 1 aliphatic rings. The smallest absolute Gasteiger partial charge is 0.193 e. The molecule has 0 spiro atoms. The zero-order valence-corrected chi connectivity index (χ0v) is 22.6. The first-order chi connectivity index (χ1) is 15.0. The molecule has 0 bridgehead atoms. The number of phenolic OH excluding ortho intramolecular Hbond substituents is 1. The highest BCUT2D eigenvalue weighted by atomic mass is 127. The summed E-state index contributed by atoms with van der Waals surface area (Å²) in [5.74, 6) is 2.90. The minimum absolute atomic E-state index is 0. The number of halogens is 1. The van der Waals surface area contributed by atoms with Crippen LogP contribution in [0.3, 0.4) is 0 Å². The van der Waals surface area contributed by atoms with E-state index in [-0.39, 0.29) is 24.0 Å². The zero-order valence-electron chi connectivity index (χ0n) is 19.5. The molecule has 178 valence electrons. The van der Waals surface area contributed by atoms with Gasteiger partial charge in [-0.15, -0.1) is 34.2 Å². The van der Waals surface area contributed by atoms with Gasteiger partial charge in [-0.1, -0.05) is 37.7 Å². The second-order valence-corrected chi connectivity index (χ2v) is 8.92. The lowest BCUT2D eigenvalue weighted by Gasteiger charge is -2.37. The number of hydrogen-bond donors (Lipinski definition) is 2. The summed E-state index contributed by atoms with van der Waals surface area (Å²) in [5.41, 5.74) is 0.903. The molecule has 0 atom stereocenters. The molecule has 10 heteroatoms. The molecular weight excluding hydrogens is 537 g/mol. The van der Waals surface area contributed by atoms with Crippen molar-refractivity contribution >= 4 is 47.4 Å². The van der Waals surface area contributed by atoms with Crippen molar-refractivity contribution in [2.75, 3.05) is 50.9 Å². The van der Waals surface area contributed by atoms with Crippen molar-refractivity contribution in [2.24, 2.45) is 10.9 Å². The van der Waals surface area contributed by atoms with Crippen molar-refractivity contribution in [1.29, 1.82) is 0 Å². The van der Waals surface area contributed by atoms with E-state index < -0.39 is 0 Å². The fraction of sp³-hybridized carbons (Fsp3) is 0.591. The highest BCUT2D eigenvalue weighted by Gasteiger charge is 2.21. The van der Waals surface area contributed by atoms with Gasteiger partial charge in [-0.25, -0.2) is 0 Å². The molecule has 2 N–H and O–H groups in total. The first-order valence-electron chi connectivity index (χ1n) is 11.0. The summed E-state index contributed by atoms with van der Waals surface area (Å²) in [4.78, 5) is 8.98. The van der Waals surface area contributed by atoms with Gasteiger partial charge in [-0.3, -0.25) is 4.99 Å². The van der Waals surface area contributed by atoms with Crippen LogP contribution in [-0.2, 0) is 13.0 Å². The number of aliphatic imine (C=N–C) groups is 1. The number of guanidine groups is 1. The van der Waals surface area contributed by atoms with E-state index in [9.17, 15) is 5.11 Å². The summed E-state index contributed by atoms with van der Waals surface area (Å²) in [6.07, 6.45) is 3.92. The molecule has 0 aliphatic carbocycles. The van der Waals surface area contributed by atoms with Crippen molar-refractivity contribution in [1.82, 2.24) is 25.0 Å². The fourth-order valence-corrected chi connectivity index (χ4v) is 4.40. The average molecular weight is 574 g/mol. The first-order valence-corrected chi connectivity index (χ1v) is 12.2. The first kappa shape index (κ1) is 26.6. The summed E-state index contributed by atoms with van der Waals surface area (Å²) >= 11 is 1.65. The van der Waals surface area contributed by atoms with Gasteiger partial charge in [-0.05, 0) is 30.7 Å². The van der Waals surface area contributed by atoms with Crippen LogP contribution in [0.15, 0.2) is 34.4 Å². The van der Waals surface area contributed by atoms with Crippen molar-refractivity contribution in [2.45, 2.75) is 38.4 Å². The molecule has 1 aromatic carbocycles. The third-order valence-corrected chi connectivity index (χ3v) is 6.06. The number of aryl methyl sites for hydroxylation is 1. The Morgan fingerprint density at radius 3 is 2.53 bits per heavy atom. The Kier molecular flexibility index (Phi) is 10.9. The van der Waals surface area contributed by atoms with Crippen LogP contribution in [0.1, 0.15) is 26.1 Å². The van der Waals surface area contributed by atoms with Crippen LogP contribution in [-0.4, -0.2) is 76.8 Å². The van der Waals surface area contributed by atoms with E-state index in [0.29, 0.717) is 11.7 Å². The van der Waals surface area contributed by atoms with E-state index in [1.165, 1.54) is 0 Å². The van der Waals surface area contributed by atoms with Gasteiger partial charge in [-0.2, -0.15) is 0 Å². The number of aromatic nitrogens is 3. The molecule has 8 nitrogen and oxygen atoms in total. The van der Waals surface area contributed by atoms with Crippen LogP contribution in [0.2, 0.25) is 0 Å². The fourth-order valence-electron chi connectivity index (χ4n) is 3.87. The third-order valence-electron chi connectivity index (χ3n) is 5.40. The molecule has 0 saturated carbocycles. The molecule has 2 heterocycles. The predicted molar refractivity (Wildman–Crippen MR) is 144 cm³/mol. The Morgan fingerprint density at radius 1 is 1.19 bits per heavy atom. The van der Waals surface area contributed by atoms with Crippen molar-refractivity contribution in [3.8, 4) is 5.75 Å². The maximum atomic E-state index is 10.1. The summed E-state index contributed by atoms with van der Waals surface area (Å²) in [5, 5.41) is 23.3. The molecule has 3 rings (SSSR count). The number of para-hydroxylation sites is 2. The second-order valence-electron chi connectivity index (χ2n) is 8.15. The topological polar surface area (TPSA) is 81.8 Å². The molecule has 1 aliphatic heterocycles. The van der Waals surface area contributed by atoms with Gasteiger partial charge >= 0.3 is 0 Å². The highest BCUT2D eigenvalue weighted by Crippen LogP contribution is 2.27. The van der Waals surface area contributed by atoms with Crippen LogP contribution in [0.5, 0.6) is 5.75 Å². The Bertz CT molecular complexity index is 866. The Morgan fingerprint density at radius 2 is 1.91 bits per heavy atom. The Hall–Kier alpha value is -1.69. The third kappa shape index (κ3) is 6.90. The summed E-state index contributed by atoms with van der Waals surface area (Å²) in [6.45, 7) is 9.69. The Balaban J connectivity index is 0.00000363. The monoisotopic (exact) mass is 573 g/mol. The molecular formula is C22H36IN7OS. The summed E-state index contributed by atoms with van der Waals surface area (Å²) in [7, 11) is 1.84. The largest absolute Gasteiger partial charge is 0.506 e. The molecule has 0 amide bonds. The number of rotatable bonds is 8. The van der Waals surface area contributed by atoms with Crippen molar-refractivity contribution in [3.05, 3.63) is 30.1 Å². The van der Waals surface area contributed by atoms with Crippen molar-refractivity contribution < 1.29 is 5.11 Å². The summed E-state index contributed by atoms with van der Waals surface area (Å²) < 4.78 is 2.25. The molecule has 1 aromatic heterocycles. The average Bonchev–Trinajstić information content (AvgIpc) is 3.15. The number of anilines is 1. The molecule has 1 saturated heterocycles.